The minimum absolute atomic E-state index is 0.0686. The van der Waals surface area contributed by atoms with Gasteiger partial charge in [0.25, 0.3) is 10.0 Å². The van der Waals surface area contributed by atoms with E-state index in [1.165, 1.54) is 35.2 Å². The van der Waals surface area contributed by atoms with Gasteiger partial charge in [0, 0.05) is 12.6 Å². The van der Waals surface area contributed by atoms with Gasteiger partial charge >= 0.3 is 0 Å². The van der Waals surface area contributed by atoms with Crippen LogP contribution in [-0.4, -0.2) is 43.8 Å². The van der Waals surface area contributed by atoms with Crippen molar-refractivity contribution in [2.24, 2.45) is 0 Å². The van der Waals surface area contributed by atoms with E-state index in [4.69, 9.17) is 0 Å². The first kappa shape index (κ1) is 30.8. The maximum atomic E-state index is 15.0. The molecule has 0 bridgehead atoms. The summed E-state index contributed by atoms with van der Waals surface area (Å²) in [6.07, 6.45) is 1.02. The van der Waals surface area contributed by atoms with Crippen LogP contribution in [0.5, 0.6) is 0 Å². The van der Waals surface area contributed by atoms with Crippen molar-refractivity contribution in [2.45, 2.75) is 71.0 Å². The Balaban J connectivity index is 2.07. The standard InChI is InChI=1S/C31H38FN3O4S/c1-6-24(5)33-31(37)28(7-2)34(20-25-12-10-11-23(4)19-25)30(36)21-35(29-14-9-8-13-27(29)32)40(38,39)26-17-15-22(3)16-18-26/h8-19,24,28H,6-7,20-21H2,1-5H3,(H,33,37)/t24-,28-/m1/s1. The summed E-state index contributed by atoms with van der Waals surface area (Å²) in [4.78, 5) is 28.7. The molecule has 0 heterocycles. The zero-order valence-electron chi connectivity index (χ0n) is 23.7. The Morgan fingerprint density at radius 3 is 2.17 bits per heavy atom. The summed E-state index contributed by atoms with van der Waals surface area (Å²) in [7, 11) is -4.33. The Labute approximate surface area is 237 Å². The molecule has 0 aliphatic carbocycles. The second kappa shape index (κ2) is 13.6. The maximum Gasteiger partial charge on any atom is 0.264 e. The van der Waals surface area contributed by atoms with Gasteiger partial charge in [-0.05, 0) is 63.4 Å². The lowest BCUT2D eigenvalue weighted by atomic mass is 10.1. The molecule has 0 unspecified atom stereocenters. The summed E-state index contributed by atoms with van der Waals surface area (Å²) in [5, 5.41) is 2.94. The topological polar surface area (TPSA) is 86.8 Å². The van der Waals surface area contributed by atoms with E-state index in [1.54, 1.807) is 19.1 Å². The van der Waals surface area contributed by atoms with Crippen LogP contribution in [-0.2, 0) is 26.2 Å². The molecule has 0 aliphatic heterocycles. The number of amides is 2. The van der Waals surface area contributed by atoms with Crippen LogP contribution in [0.25, 0.3) is 0 Å². The summed E-state index contributed by atoms with van der Waals surface area (Å²) in [6, 6.07) is 18.2. The fourth-order valence-electron chi connectivity index (χ4n) is 4.37. The van der Waals surface area contributed by atoms with Crippen LogP contribution in [0.2, 0.25) is 0 Å². The smallest absolute Gasteiger partial charge is 0.264 e. The number of anilines is 1. The zero-order valence-corrected chi connectivity index (χ0v) is 24.5. The largest absolute Gasteiger partial charge is 0.352 e. The molecule has 0 saturated heterocycles. The number of para-hydroxylation sites is 1. The third kappa shape index (κ3) is 7.47. The van der Waals surface area contributed by atoms with Gasteiger partial charge < -0.3 is 10.2 Å². The van der Waals surface area contributed by atoms with Crippen LogP contribution < -0.4 is 9.62 Å². The first-order valence-electron chi connectivity index (χ1n) is 13.5. The van der Waals surface area contributed by atoms with Crippen molar-refractivity contribution < 1.29 is 22.4 Å². The Morgan fingerprint density at radius 2 is 1.57 bits per heavy atom. The molecule has 2 atom stereocenters. The number of nitrogens with one attached hydrogen (secondary N) is 1. The minimum atomic E-state index is -4.33. The molecule has 0 aliphatic rings. The minimum Gasteiger partial charge on any atom is -0.352 e. The lowest BCUT2D eigenvalue weighted by molar-refractivity contribution is -0.140. The first-order chi connectivity index (χ1) is 19.0. The van der Waals surface area contributed by atoms with Gasteiger partial charge in [0.1, 0.15) is 18.4 Å². The van der Waals surface area contributed by atoms with Crippen LogP contribution in [0.4, 0.5) is 10.1 Å². The number of halogens is 1. The van der Waals surface area contributed by atoms with Crippen molar-refractivity contribution in [3.8, 4) is 0 Å². The number of sulfonamides is 1. The highest BCUT2D eigenvalue weighted by Crippen LogP contribution is 2.27. The number of carbonyl (C=O) groups excluding carboxylic acids is 2. The molecule has 3 rings (SSSR count). The highest BCUT2D eigenvalue weighted by molar-refractivity contribution is 7.92. The van der Waals surface area contributed by atoms with Crippen molar-refractivity contribution in [3.05, 3.63) is 95.3 Å². The van der Waals surface area contributed by atoms with Crippen molar-refractivity contribution in [1.29, 1.82) is 0 Å². The molecule has 3 aromatic carbocycles. The SMILES string of the molecule is CC[C@@H](C)NC(=O)[C@@H](CC)N(Cc1cccc(C)c1)C(=O)CN(c1ccccc1F)S(=O)(=O)c1ccc(C)cc1. The van der Waals surface area contributed by atoms with Gasteiger partial charge in [0.05, 0.1) is 10.6 Å². The van der Waals surface area contributed by atoms with Crippen LogP contribution >= 0.6 is 0 Å². The van der Waals surface area contributed by atoms with Gasteiger partial charge in [0.15, 0.2) is 0 Å². The van der Waals surface area contributed by atoms with Crippen LogP contribution in [0.15, 0.2) is 77.7 Å². The fourth-order valence-corrected chi connectivity index (χ4v) is 5.79. The molecule has 40 heavy (non-hydrogen) atoms. The van der Waals surface area contributed by atoms with E-state index in [0.29, 0.717) is 12.8 Å². The molecule has 2 amide bonds. The van der Waals surface area contributed by atoms with E-state index in [1.807, 2.05) is 52.0 Å². The van der Waals surface area contributed by atoms with Crippen molar-refractivity contribution in [2.75, 3.05) is 10.8 Å². The molecule has 0 spiro atoms. The third-order valence-corrected chi connectivity index (χ3v) is 8.61. The second-order valence-corrected chi connectivity index (χ2v) is 11.9. The van der Waals surface area contributed by atoms with Gasteiger partial charge in [-0.1, -0.05) is 73.5 Å². The first-order valence-corrected chi connectivity index (χ1v) is 14.9. The zero-order chi connectivity index (χ0) is 29.4. The van der Waals surface area contributed by atoms with Gasteiger partial charge in [-0.15, -0.1) is 0 Å². The normalized spacial score (nSPS) is 12.8. The molecule has 1 N–H and O–H groups in total. The molecular formula is C31H38FN3O4S. The van der Waals surface area contributed by atoms with E-state index < -0.39 is 34.3 Å². The van der Waals surface area contributed by atoms with Gasteiger partial charge in [-0.25, -0.2) is 12.8 Å². The number of benzene rings is 3. The van der Waals surface area contributed by atoms with E-state index in [9.17, 15) is 18.0 Å². The summed E-state index contributed by atoms with van der Waals surface area (Å²) in [6.45, 7) is 8.78. The summed E-state index contributed by atoms with van der Waals surface area (Å²) in [5.41, 5.74) is 2.39. The van der Waals surface area contributed by atoms with Crippen molar-refractivity contribution >= 4 is 27.5 Å². The number of hydrogen-bond donors (Lipinski definition) is 1. The van der Waals surface area contributed by atoms with Crippen molar-refractivity contribution in [1.82, 2.24) is 10.2 Å². The molecule has 214 valence electrons. The Hall–Kier alpha value is -3.72. The molecule has 0 fully saturated rings. The van der Waals surface area contributed by atoms with E-state index in [2.05, 4.69) is 5.32 Å². The summed E-state index contributed by atoms with van der Waals surface area (Å²) >= 11 is 0. The van der Waals surface area contributed by atoms with Crippen LogP contribution in [0, 0.1) is 19.7 Å². The average Bonchev–Trinajstić information content (AvgIpc) is 2.92. The molecule has 9 heteroatoms. The van der Waals surface area contributed by atoms with Gasteiger partial charge in [-0.2, -0.15) is 0 Å². The van der Waals surface area contributed by atoms with Gasteiger partial charge in [-0.3, -0.25) is 13.9 Å². The highest BCUT2D eigenvalue weighted by Gasteiger charge is 2.34. The second-order valence-electron chi connectivity index (χ2n) is 10.0. The molecule has 0 radical (unpaired) electrons. The third-order valence-electron chi connectivity index (χ3n) is 6.83. The Kier molecular flexibility index (Phi) is 10.5. The average molecular weight is 568 g/mol. The molecule has 7 nitrogen and oxygen atoms in total. The van der Waals surface area contributed by atoms with Crippen molar-refractivity contribution in [3.63, 3.8) is 0 Å². The number of nitrogens with zero attached hydrogens (tertiary/aromatic N) is 2. The highest BCUT2D eigenvalue weighted by atomic mass is 32.2. The van der Waals surface area contributed by atoms with Crippen LogP contribution in [0.3, 0.4) is 0 Å². The predicted octanol–water partition coefficient (Wildman–Crippen LogP) is 5.36. The number of carbonyl (C=O) groups is 2. The van der Waals surface area contributed by atoms with E-state index in [0.717, 1.165) is 27.1 Å². The quantitative estimate of drug-likeness (QED) is 0.319. The maximum absolute atomic E-state index is 15.0. The van der Waals surface area contributed by atoms with E-state index in [-0.39, 0.29) is 29.1 Å². The Bertz CT molecular complexity index is 1430. The molecule has 0 saturated carbocycles. The number of hydrogen-bond acceptors (Lipinski definition) is 4. The molecule has 3 aromatic rings. The van der Waals surface area contributed by atoms with Crippen LogP contribution in [0.1, 0.15) is 50.3 Å². The summed E-state index contributed by atoms with van der Waals surface area (Å²) in [5.74, 6) is -1.72. The fraction of sp³-hybridized carbons (Fsp3) is 0.355. The lowest BCUT2D eigenvalue weighted by Crippen LogP contribution is -2.53. The molecular weight excluding hydrogens is 529 g/mol. The van der Waals surface area contributed by atoms with Gasteiger partial charge in [0.2, 0.25) is 11.8 Å². The lowest BCUT2D eigenvalue weighted by Gasteiger charge is -2.33. The predicted molar refractivity (Wildman–Crippen MR) is 156 cm³/mol. The number of rotatable bonds is 12. The molecule has 0 aromatic heterocycles. The summed E-state index contributed by atoms with van der Waals surface area (Å²) < 4.78 is 43.5. The van der Waals surface area contributed by atoms with E-state index >= 15 is 4.39 Å². The monoisotopic (exact) mass is 567 g/mol. The number of aryl methyl sites for hydroxylation is 2. The Morgan fingerprint density at radius 1 is 0.900 bits per heavy atom.